The first-order chi connectivity index (χ1) is 15.5. The van der Waals surface area contributed by atoms with Gasteiger partial charge in [0.1, 0.15) is 5.75 Å². The maximum Gasteiger partial charge on any atom is 0.243 e. The van der Waals surface area contributed by atoms with E-state index in [-0.39, 0.29) is 29.8 Å². The molecular formula is C24H42N4O4S. The normalized spacial score (nSPS) is 19.2. The number of aryl methyl sites for hydroxylation is 2. The number of nitrogens with zero attached hydrogens (tertiary/aromatic N) is 2. The summed E-state index contributed by atoms with van der Waals surface area (Å²) in [5.41, 5.74) is 1.27. The standard InChI is InChI=1S/C24H42N4O4S/c1-18-16-22(32-6)17-19(2)24(18)33(30,31)28(5)15-12-23(29)26-21-10-8-20(9-11-21)25-13-7-14-27(3)4/h16-17,20-21,25H,7-15H2,1-6H3,(H,26,29). The Kier molecular flexibility index (Phi) is 10.6. The quantitative estimate of drug-likeness (QED) is 0.444. The van der Waals surface area contributed by atoms with Crippen LogP contribution in [0.1, 0.15) is 49.7 Å². The van der Waals surface area contributed by atoms with Crippen LogP contribution < -0.4 is 15.4 Å². The highest BCUT2D eigenvalue weighted by molar-refractivity contribution is 7.89. The summed E-state index contributed by atoms with van der Waals surface area (Å²) in [6.07, 6.45) is 5.29. The predicted octanol–water partition coefficient (Wildman–Crippen LogP) is 2.29. The summed E-state index contributed by atoms with van der Waals surface area (Å²) in [5, 5.41) is 6.71. The van der Waals surface area contributed by atoms with Crippen molar-refractivity contribution in [3.05, 3.63) is 23.3 Å². The van der Waals surface area contributed by atoms with Crippen LogP contribution in [0, 0.1) is 13.8 Å². The molecule has 0 radical (unpaired) electrons. The summed E-state index contributed by atoms with van der Waals surface area (Å²) < 4.78 is 32.7. The van der Waals surface area contributed by atoms with Gasteiger partial charge in [0, 0.05) is 32.1 Å². The van der Waals surface area contributed by atoms with Crippen LogP contribution in [-0.4, -0.2) is 83.5 Å². The SMILES string of the molecule is COc1cc(C)c(S(=O)(=O)N(C)CCC(=O)NC2CCC(NCCCN(C)C)CC2)c(C)c1. The molecule has 2 N–H and O–H groups in total. The molecule has 0 saturated heterocycles. The second-order valence-corrected chi connectivity index (χ2v) is 11.4. The summed E-state index contributed by atoms with van der Waals surface area (Å²) in [7, 11) is 3.56. The molecule has 0 bridgehead atoms. The van der Waals surface area contributed by atoms with Gasteiger partial charge in [0.05, 0.1) is 12.0 Å². The van der Waals surface area contributed by atoms with Crippen LogP contribution in [0.15, 0.2) is 17.0 Å². The molecule has 0 aromatic heterocycles. The van der Waals surface area contributed by atoms with Gasteiger partial charge in [-0.2, -0.15) is 0 Å². The molecule has 0 spiro atoms. The summed E-state index contributed by atoms with van der Waals surface area (Å²) in [6.45, 7) is 5.77. The molecule has 1 aliphatic carbocycles. The van der Waals surface area contributed by atoms with E-state index >= 15 is 0 Å². The molecule has 188 valence electrons. The number of sulfonamides is 1. The first-order valence-electron chi connectivity index (χ1n) is 11.8. The van der Waals surface area contributed by atoms with Gasteiger partial charge in [-0.1, -0.05) is 0 Å². The van der Waals surface area contributed by atoms with E-state index in [1.54, 1.807) is 33.1 Å². The third-order valence-corrected chi connectivity index (χ3v) is 8.46. The Morgan fingerprint density at radius 1 is 1.03 bits per heavy atom. The molecule has 1 aromatic carbocycles. The number of methoxy groups -OCH3 is 1. The zero-order chi connectivity index (χ0) is 24.6. The Morgan fingerprint density at radius 3 is 2.15 bits per heavy atom. The Bertz CT molecular complexity index is 857. The highest BCUT2D eigenvalue weighted by Crippen LogP contribution is 2.28. The minimum atomic E-state index is -3.69. The number of hydrogen-bond donors (Lipinski definition) is 2. The van der Waals surface area contributed by atoms with E-state index in [4.69, 9.17) is 4.74 Å². The lowest BCUT2D eigenvalue weighted by molar-refractivity contribution is -0.122. The van der Waals surface area contributed by atoms with Crippen LogP contribution in [-0.2, 0) is 14.8 Å². The molecule has 0 aliphatic heterocycles. The number of carbonyl (C=O) groups is 1. The van der Waals surface area contributed by atoms with Crippen LogP contribution in [0.5, 0.6) is 5.75 Å². The largest absolute Gasteiger partial charge is 0.497 e. The average Bonchev–Trinajstić information content (AvgIpc) is 2.75. The number of nitrogens with one attached hydrogen (secondary N) is 2. The fraction of sp³-hybridized carbons (Fsp3) is 0.708. The van der Waals surface area contributed by atoms with Crippen LogP contribution in [0.25, 0.3) is 0 Å². The zero-order valence-corrected chi connectivity index (χ0v) is 21.9. The van der Waals surface area contributed by atoms with Crippen LogP contribution in [0.4, 0.5) is 0 Å². The number of hydrogen-bond acceptors (Lipinski definition) is 6. The molecule has 0 heterocycles. The average molecular weight is 483 g/mol. The summed E-state index contributed by atoms with van der Waals surface area (Å²) >= 11 is 0. The molecule has 9 heteroatoms. The molecule has 1 aliphatic rings. The van der Waals surface area contributed by atoms with Gasteiger partial charge in [-0.25, -0.2) is 12.7 Å². The van der Waals surface area contributed by atoms with Crippen LogP contribution in [0.3, 0.4) is 0 Å². The van der Waals surface area contributed by atoms with Crippen molar-refractivity contribution in [2.24, 2.45) is 0 Å². The molecule has 1 amide bonds. The first kappa shape index (κ1) is 27.6. The van der Waals surface area contributed by atoms with Crippen molar-refractivity contribution in [3.63, 3.8) is 0 Å². The van der Waals surface area contributed by atoms with Gasteiger partial charge < -0.3 is 20.3 Å². The lowest BCUT2D eigenvalue weighted by atomic mass is 9.91. The Hall–Kier alpha value is -1.68. The van der Waals surface area contributed by atoms with Crippen LogP contribution in [0.2, 0.25) is 0 Å². The van der Waals surface area contributed by atoms with Crippen molar-refractivity contribution in [2.75, 3.05) is 47.9 Å². The Balaban J connectivity index is 1.78. The zero-order valence-electron chi connectivity index (χ0n) is 21.1. The van der Waals surface area contributed by atoms with Gasteiger partial charge in [-0.3, -0.25) is 4.79 Å². The molecule has 1 aromatic rings. The lowest BCUT2D eigenvalue weighted by Gasteiger charge is -2.30. The smallest absolute Gasteiger partial charge is 0.243 e. The molecule has 1 fully saturated rings. The lowest BCUT2D eigenvalue weighted by Crippen LogP contribution is -2.43. The maximum atomic E-state index is 13.1. The van der Waals surface area contributed by atoms with Gasteiger partial charge in [-0.15, -0.1) is 0 Å². The van der Waals surface area contributed by atoms with Gasteiger partial charge in [0.2, 0.25) is 15.9 Å². The third kappa shape index (κ3) is 8.24. The molecule has 0 atom stereocenters. The van der Waals surface area contributed by atoms with Gasteiger partial charge in [-0.05, 0) is 96.4 Å². The first-order valence-corrected chi connectivity index (χ1v) is 13.3. The molecule has 1 saturated carbocycles. The van der Waals surface area contributed by atoms with E-state index in [2.05, 4.69) is 29.6 Å². The van der Waals surface area contributed by atoms with E-state index in [0.717, 1.165) is 45.2 Å². The fourth-order valence-corrected chi connectivity index (χ4v) is 5.99. The van der Waals surface area contributed by atoms with E-state index < -0.39 is 10.0 Å². The van der Waals surface area contributed by atoms with Gasteiger partial charge in [0.15, 0.2) is 0 Å². The van der Waals surface area contributed by atoms with E-state index in [1.807, 2.05) is 0 Å². The topological polar surface area (TPSA) is 91.0 Å². The van der Waals surface area contributed by atoms with Crippen molar-refractivity contribution in [1.82, 2.24) is 19.8 Å². The third-order valence-electron chi connectivity index (χ3n) is 6.30. The predicted molar refractivity (Wildman–Crippen MR) is 132 cm³/mol. The van der Waals surface area contributed by atoms with E-state index in [1.165, 1.54) is 11.4 Å². The summed E-state index contributed by atoms with van der Waals surface area (Å²) in [4.78, 5) is 15.0. The van der Waals surface area contributed by atoms with E-state index in [9.17, 15) is 13.2 Å². The molecule has 33 heavy (non-hydrogen) atoms. The highest BCUT2D eigenvalue weighted by atomic mass is 32.2. The number of rotatable bonds is 12. The van der Waals surface area contributed by atoms with Crippen molar-refractivity contribution < 1.29 is 17.9 Å². The fourth-order valence-electron chi connectivity index (χ4n) is 4.41. The van der Waals surface area contributed by atoms with Crippen molar-refractivity contribution in [1.29, 1.82) is 0 Å². The number of amides is 1. The van der Waals surface area contributed by atoms with Gasteiger partial charge >= 0.3 is 0 Å². The number of ether oxygens (including phenoxy) is 1. The second kappa shape index (κ2) is 12.7. The number of benzene rings is 1. The summed E-state index contributed by atoms with van der Waals surface area (Å²) in [6, 6.07) is 4.12. The van der Waals surface area contributed by atoms with Crippen molar-refractivity contribution in [3.8, 4) is 5.75 Å². The maximum absolute atomic E-state index is 13.1. The highest BCUT2D eigenvalue weighted by Gasteiger charge is 2.27. The number of carbonyl (C=O) groups excluding carboxylic acids is 1. The Morgan fingerprint density at radius 2 is 1.61 bits per heavy atom. The summed E-state index contributed by atoms with van der Waals surface area (Å²) in [5.74, 6) is 0.534. The second-order valence-electron chi connectivity index (χ2n) is 9.39. The monoisotopic (exact) mass is 482 g/mol. The molecular weight excluding hydrogens is 440 g/mol. The minimum absolute atomic E-state index is 0.0948. The molecule has 0 unspecified atom stereocenters. The molecule has 2 rings (SSSR count). The Labute approximate surface area is 200 Å². The van der Waals surface area contributed by atoms with Crippen molar-refractivity contribution >= 4 is 15.9 Å². The minimum Gasteiger partial charge on any atom is -0.497 e. The molecule has 8 nitrogen and oxygen atoms in total. The van der Waals surface area contributed by atoms with Crippen molar-refractivity contribution in [2.45, 2.75) is 69.4 Å². The van der Waals surface area contributed by atoms with E-state index in [0.29, 0.717) is 22.9 Å². The van der Waals surface area contributed by atoms with Gasteiger partial charge in [0.25, 0.3) is 0 Å². The van der Waals surface area contributed by atoms with Crippen LogP contribution >= 0.6 is 0 Å².